The van der Waals surface area contributed by atoms with E-state index in [1.54, 1.807) is 12.4 Å². The molecule has 0 aromatic carbocycles. The SMILES string of the molecule is CCn1ccnc1C(N)c1cc(C)ccn1. The Morgan fingerprint density at radius 2 is 2.19 bits per heavy atom. The molecule has 4 nitrogen and oxygen atoms in total. The molecule has 0 aliphatic rings. The van der Waals surface area contributed by atoms with Crippen molar-refractivity contribution in [3.63, 3.8) is 0 Å². The van der Waals surface area contributed by atoms with Crippen molar-refractivity contribution in [1.82, 2.24) is 14.5 Å². The van der Waals surface area contributed by atoms with Crippen molar-refractivity contribution in [2.75, 3.05) is 0 Å². The van der Waals surface area contributed by atoms with Crippen molar-refractivity contribution in [3.05, 3.63) is 47.8 Å². The molecule has 1 atom stereocenters. The molecule has 0 radical (unpaired) electrons. The predicted molar refractivity (Wildman–Crippen MR) is 62.9 cm³/mol. The van der Waals surface area contributed by atoms with Gasteiger partial charge in [0.2, 0.25) is 0 Å². The first kappa shape index (κ1) is 10.8. The minimum Gasteiger partial charge on any atom is -0.334 e. The summed E-state index contributed by atoms with van der Waals surface area (Å²) in [5, 5.41) is 0. The number of imidazole rings is 1. The maximum Gasteiger partial charge on any atom is 0.131 e. The molecule has 1 unspecified atom stereocenters. The number of aryl methyl sites for hydroxylation is 2. The Bertz CT molecular complexity index is 475. The summed E-state index contributed by atoms with van der Waals surface area (Å²) in [6, 6.07) is 3.71. The van der Waals surface area contributed by atoms with Crippen LogP contribution in [0, 0.1) is 6.92 Å². The second-order valence-electron chi connectivity index (χ2n) is 3.81. The lowest BCUT2D eigenvalue weighted by molar-refractivity contribution is 0.647. The highest BCUT2D eigenvalue weighted by Crippen LogP contribution is 2.16. The summed E-state index contributed by atoms with van der Waals surface area (Å²) in [4.78, 5) is 8.58. The zero-order valence-electron chi connectivity index (χ0n) is 9.59. The molecule has 84 valence electrons. The fraction of sp³-hybridized carbons (Fsp3) is 0.333. The minimum atomic E-state index is -0.255. The topological polar surface area (TPSA) is 56.7 Å². The zero-order chi connectivity index (χ0) is 11.5. The van der Waals surface area contributed by atoms with Gasteiger partial charge in [-0.3, -0.25) is 4.98 Å². The zero-order valence-corrected chi connectivity index (χ0v) is 9.59. The summed E-state index contributed by atoms with van der Waals surface area (Å²) >= 11 is 0. The monoisotopic (exact) mass is 216 g/mol. The van der Waals surface area contributed by atoms with Crippen molar-refractivity contribution in [2.24, 2.45) is 5.73 Å². The Hall–Kier alpha value is -1.68. The molecule has 2 rings (SSSR count). The molecule has 0 bridgehead atoms. The third-order valence-corrected chi connectivity index (χ3v) is 2.62. The molecule has 0 spiro atoms. The summed E-state index contributed by atoms with van der Waals surface area (Å²) in [7, 11) is 0. The normalized spacial score (nSPS) is 12.7. The van der Waals surface area contributed by atoms with Crippen LogP contribution in [-0.4, -0.2) is 14.5 Å². The number of hydrogen-bond acceptors (Lipinski definition) is 3. The quantitative estimate of drug-likeness (QED) is 0.848. The fourth-order valence-electron chi connectivity index (χ4n) is 1.73. The van der Waals surface area contributed by atoms with Gasteiger partial charge in [0.1, 0.15) is 11.9 Å². The maximum atomic E-state index is 6.16. The first-order chi connectivity index (χ1) is 7.72. The molecule has 2 heterocycles. The second-order valence-corrected chi connectivity index (χ2v) is 3.81. The average Bonchev–Trinajstić information content (AvgIpc) is 2.76. The Kier molecular flexibility index (Phi) is 3.01. The Labute approximate surface area is 95.1 Å². The summed E-state index contributed by atoms with van der Waals surface area (Å²) < 4.78 is 2.04. The second kappa shape index (κ2) is 4.45. The minimum absolute atomic E-state index is 0.255. The number of aromatic nitrogens is 3. The van der Waals surface area contributed by atoms with E-state index < -0.39 is 0 Å². The Balaban J connectivity index is 2.35. The van der Waals surface area contributed by atoms with Gasteiger partial charge in [-0.25, -0.2) is 4.98 Å². The lowest BCUT2D eigenvalue weighted by Crippen LogP contribution is -2.18. The van der Waals surface area contributed by atoms with Gasteiger partial charge in [-0.05, 0) is 31.5 Å². The number of hydrogen-bond donors (Lipinski definition) is 1. The number of nitrogens with two attached hydrogens (primary N) is 1. The first-order valence-electron chi connectivity index (χ1n) is 5.41. The van der Waals surface area contributed by atoms with Crippen LogP contribution in [0.2, 0.25) is 0 Å². The Morgan fingerprint density at radius 1 is 1.38 bits per heavy atom. The van der Waals surface area contributed by atoms with Crippen LogP contribution in [0.1, 0.15) is 30.0 Å². The molecule has 4 heteroatoms. The van der Waals surface area contributed by atoms with Gasteiger partial charge in [-0.1, -0.05) is 0 Å². The highest BCUT2D eigenvalue weighted by molar-refractivity contribution is 5.22. The van der Waals surface area contributed by atoms with Crippen molar-refractivity contribution < 1.29 is 0 Å². The maximum absolute atomic E-state index is 6.16. The fourth-order valence-corrected chi connectivity index (χ4v) is 1.73. The molecule has 0 saturated carbocycles. The van der Waals surface area contributed by atoms with E-state index in [-0.39, 0.29) is 6.04 Å². The van der Waals surface area contributed by atoms with Crippen molar-refractivity contribution in [1.29, 1.82) is 0 Å². The summed E-state index contributed by atoms with van der Waals surface area (Å²) in [6.45, 7) is 4.97. The van der Waals surface area contributed by atoms with Gasteiger partial charge >= 0.3 is 0 Å². The molecule has 0 aliphatic carbocycles. The van der Waals surface area contributed by atoms with Gasteiger partial charge in [0.15, 0.2) is 0 Å². The standard InChI is InChI=1S/C12H16N4/c1-3-16-7-6-15-12(16)11(13)10-8-9(2)4-5-14-10/h4-8,11H,3,13H2,1-2H3. The highest BCUT2D eigenvalue weighted by atomic mass is 15.1. The number of pyridine rings is 1. The van der Waals surface area contributed by atoms with Crippen LogP contribution < -0.4 is 5.73 Å². The predicted octanol–water partition coefficient (Wildman–Crippen LogP) is 1.65. The molecule has 0 aliphatic heterocycles. The van der Waals surface area contributed by atoms with Crippen molar-refractivity contribution in [2.45, 2.75) is 26.4 Å². The largest absolute Gasteiger partial charge is 0.334 e. The van der Waals surface area contributed by atoms with Crippen LogP contribution in [0.5, 0.6) is 0 Å². The smallest absolute Gasteiger partial charge is 0.131 e. The molecule has 2 aromatic rings. The average molecular weight is 216 g/mol. The van der Waals surface area contributed by atoms with Gasteiger partial charge in [0.05, 0.1) is 5.69 Å². The van der Waals surface area contributed by atoms with Gasteiger partial charge in [0.25, 0.3) is 0 Å². The molecule has 0 saturated heterocycles. The highest BCUT2D eigenvalue weighted by Gasteiger charge is 2.15. The molecule has 0 fully saturated rings. The van der Waals surface area contributed by atoms with Crippen molar-refractivity contribution in [3.8, 4) is 0 Å². The van der Waals surface area contributed by atoms with E-state index in [1.165, 1.54) is 0 Å². The van der Waals surface area contributed by atoms with Crippen LogP contribution in [0.15, 0.2) is 30.7 Å². The number of rotatable bonds is 3. The van der Waals surface area contributed by atoms with Crippen LogP contribution in [-0.2, 0) is 6.54 Å². The lowest BCUT2D eigenvalue weighted by Gasteiger charge is -2.12. The van der Waals surface area contributed by atoms with E-state index in [9.17, 15) is 0 Å². The molecular weight excluding hydrogens is 200 g/mol. The molecule has 16 heavy (non-hydrogen) atoms. The number of nitrogens with zero attached hydrogens (tertiary/aromatic N) is 3. The van der Waals surface area contributed by atoms with E-state index in [2.05, 4.69) is 16.9 Å². The van der Waals surface area contributed by atoms with Crippen LogP contribution in [0.25, 0.3) is 0 Å². The third-order valence-electron chi connectivity index (χ3n) is 2.62. The van der Waals surface area contributed by atoms with Crippen molar-refractivity contribution >= 4 is 0 Å². The van der Waals surface area contributed by atoms with Crippen LogP contribution in [0.3, 0.4) is 0 Å². The Morgan fingerprint density at radius 3 is 2.88 bits per heavy atom. The van der Waals surface area contributed by atoms with E-state index in [4.69, 9.17) is 5.73 Å². The van der Waals surface area contributed by atoms with E-state index in [0.29, 0.717) is 0 Å². The van der Waals surface area contributed by atoms with Gasteiger partial charge in [0, 0.05) is 25.1 Å². The van der Waals surface area contributed by atoms with E-state index in [0.717, 1.165) is 23.6 Å². The molecule has 0 amide bonds. The first-order valence-corrected chi connectivity index (χ1v) is 5.41. The molecule has 2 N–H and O–H groups in total. The summed E-state index contributed by atoms with van der Waals surface area (Å²) in [6.07, 6.45) is 5.49. The summed E-state index contributed by atoms with van der Waals surface area (Å²) in [5.74, 6) is 0.862. The van der Waals surface area contributed by atoms with Gasteiger partial charge in [-0.15, -0.1) is 0 Å². The van der Waals surface area contributed by atoms with Crippen LogP contribution in [0.4, 0.5) is 0 Å². The third kappa shape index (κ3) is 1.97. The molecular formula is C12H16N4. The van der Waals surface area contributed by atoms with Gasteiger partial charge < -0.3 is 10.3 Å². The lowest BCUT2D eigenvalue weighted by atomic mass is 10.1. The summed E-state index contributed by atoms with van der Waals surface area (Å²) in [5.41, 5.74) is 8.18. The molecule has 2 aromatic heterocycles. The van der Waals surface area contributed by atoms with Gasteiger partial charge in [-0.2, -0.15) is 0 Å². The van der Waals surface area contributed by atoms with E-state index >= 15 is 0 Å². The van der Waals surface area contributed by atoms with E-state index in [1.807, 2.05) is 29.8 Å². The van der Waals surface area contributed by atoms with Crippen LogP contribution >= 0.6 is 0 Å².